The summed E-state index contributed by atoms with van der Waals surface area (Å²) < 4.78 is 0. The van der Waals surface area contributed by atoms with Gasteiger partial charge in [0.1, 0.15) is 0 Å². The summed E-state index contributed by atoms with van der Waals surface area (Å²) in [5, 5.41) is 3.63. The van der Waals surface area contributed by atoms with Crippen LogP contribution in [0.5, 0.6) is 0 Å². The van der Waals surface area contributed by atoms with Gasteiger partial charge in [0.15, 0.2) is 0 Å². The average Bonchev–Trinajstić information content (AvgIpc) is 2.46. The monoisotopic (exact) mass is 281 g/mol. The number of piperazine rings is 1. The van der Waals surface area contributed by atoms with Gasteiger partial charge in [0.25, 0.3) is 0 Å². The Kier molecular flexibility index (Phi) is 4.63. The lowest BCUT2D eigenvalue weighted by molar-refractivity contribution is -0.133. The smallest absolute Gasteiger partial charge is 0.241 e. The van der Waals surface area contributed by atoms with Crippen LogP contribution in [0.2, 0.25) is 5.02 Å². The normalized spacial score (nSPS) is 15.2. The van der Waals surface area contributed by atoms with Gasteiger partial charge >= 0.3 is 0 Å². The van der Waals surface area contributed by atoms with Crippen LogP contribution in [0.15, 0.2) is 24.3 Å². The first-order valence-electron chi connectivity index (χ1n) is 6.16. The third-order valence-corrected chi connectivity index (χ3v) is 3.45. The molecule has 19 heavy (non-hydrogen) atoms. The molecule has 1 aromatic rings. The van der Waals surface area contributed by atoms with Gasteiger partial charge in [-0.3, -0.25) is 9.59 Å². The predicted molar refractivity (Wildman–Crippen MR) is 74.2 cm³/mol. The summed E-state index contributed by atoms with van der Waals surface area (Å²) in [6, 6.07) is 7.31. The van der Waals surface area contributed by atoms with Gasteiger partial charge in [-0.05, 0) is 12.1 Å². The number of carbonyl (C=O) groups excluding carboxylic acids is 2. The molecular weight excluding hydrogens is 266 g/mol. The van der Waals surface area contributed by atoms with E-state index in [4.69, 9.17) is 11.6 Å². The fourth-order valence-electron chi connectivity index (χ4n) is 1.96. The SMILES string of the molecule is O=CN1CCN(C(=O)CNc2ccccc2Cl)CC1. The first-order chi connectivity index (χ1) is 9.20. The predicted octanol–water partition coefficient (Wildman–Crippen LogP) is 1.05. The molecular formula is C13H16ClN3O2. The van der Waals surface area contributed by atoms with Crippen molar-refractivity contribution in [3.63, 3.8) is 0 Å². The van der Waals surface area contributed by atoms with Crippen LogP contribution in [-0.2, 0) is 9.59 Å². The number of para-hydroxylation sites is 1. The van der Waals surface area contributed by atoms with E-state index in [1.165, 1.54) is 0 Å². The Hall–Kier alpha value is -1.75. The van der Waals surface area contributed by atoms with Crippen LogP contribution in [0.25, 0.3) is 0 Å². The van der Waals surface area contributed by atoms with Crippen molar-refractivity contribution in [2.24, 2.45) is 0 Å². The van der Waals surface area contributed by atoms with E-state index in [2.05, 4.69) is 5.32 Å². The average molecular weight is 282 g/mol. The molecule has 1 N–H and O–H groups in total. The molecule has 0 saturated carbocycles. The number of hydrogen-bond donors (Lipinski definition) is 1. The molecule has 5 nitrogen and oxygen atoms in total. The summed E-state index contributed by atoms with van der Waals surface area (Å²) in [7, 11) is 0. The van der Waals surface area contributed by atoms with Crippen molar-refractivity contribution in [3.8, 4) is 0 Å². The number of anilines is 1. The zero-order valence-corrected chi connectivity index (χ0v) is 11.3. The van der Waals surface area contributed by atoms with E-state index >= 15 is 0 Å². The maximum atomic E-state index is 12.0. The zero-order valence-electron chi connectivity index (χ0n) is 10.5. The highest BCUT2D eigenvalue weighted by Crippen LogP contribution is 2.20. The second kappa shape index (κ2) is 6.43. The van der Waals surface area contributed by atoms with Gasteiger partial charge < -0.3 is 15.1 Å². The summed E-state index contributed by atoms with van der Waals surface area (Å²) >= 11 is 6.00. The molecule has 0 radical (unpaired) electrons. The topological polar surface area (TPSA) is 52.7 Å². The standard InChI is InChI=1S/C13H16ClN3O2/c14-11-3-1-2-4-12(11)15-9-13(19)17-7-5-16(10-18)6-8-17/h1-4,10,15H,5-9H2. The number of halogens is 1. The highest BCUT2D eigenvalue weighted by molar-refractivity contribution is 6.33. The molecule has 0 aromatic heterocycles. The van der Waals surface area contributed by atoms with E-state index in [0.29, 0.717) is 31.2 Å². The molecule has 1 fully saturated rings. The zero-order chi connectivity index (χ0) is 13.7. The molecule has 1 aliphatic heterocycles. The summed E-state index contributed by atoms with van der Waals surface area (Å²) in [4.78, 5) is 26.0. The lowest BCUT2D eigenvalue weighted by Gasteiger charge is -2.32. The molecule has 2 amide bonds. The van der Waals surface area contributed by atoms with E-state index in [1.807, 2.05) is 18.2 Å². The van der Waals surface area contributed by atoms with Gasteiger partial charge in [0, 0.05) is 26.2 Å². The van der Waals surface area contributed by atoms with Crippen LogP contribution in [0.3, 0.4) is 0 Å². The summed E-state index contributed by atoms with van der Waals surface area (Å²) in [5.41, 5.74) is 0.754. The Balaban J connectivity index is 1.82. The third-order valence-electron chi connectivity index (χ3n) is 3.12. The molecule has 1 heterocycles. The molecule has 2 rings (SSSR count). The van der Waals surface area contributed by atoms with Crippen molar-refractivity contribution >= 4 is 29.6 Å². The molecule has 0 atom stereocenters. The van der Waals surface area contributed by atoms with Gasteiger partial charge in [-0.1, -0.05) is 23.7 Å². The number of carbonyl (C=O) groups is 2. The van der Waals surface area contributed by atoms with E-state index in [1.54, 1.807) is 15.9 Å². The summed E-state index contributed by atoms with van der Waals surface area (Å²) in [6.07, 6.45) is 0.823. The lowest BCUT2D eigenvalue weighted by Crippen LogP contribution is -2.49. The Morgan fingerprint density at radius 2 is 1.95 bits per heavy atom. The molecule has 0 unspecified atom stereocenters. The van der Waals surface area contributed by atoms with Gasteiger partial charge in [-0.25, -0.2) is 0 Å². The molecule has 1 aromatic carbocycles. The number of hydrogen-bond acceptors (Lipinski definition) is 3. The van der Waals surface area contributed by atoms with Crippen molar-refractivity contribution in [2.45, 2.75) is 0 Å². The Bertz CT molecular complexity index is 459. The highest BCUT2D eigenvalue weighted by atomic mass is 35.5. The molecule has 102 valence electrons. The number of amides is 2. The molecule has 0 bridgehead atoms. The largest absolute Gasteiger partial charge is 0.375 e. The van der Waals surface area contributed by atoms with Crippen molar-refractivity contribution < 1.29 is 9.59 Å². The lowest BCUT2D eigenvalue weighted by atomic mass is 10.3. The fourth-order valence-corrected chi connectivity index (χ4v) is 2.17. The van der Waals surface area contributed by atoms with Crippen molar-refractivity contribution in [1.29, 1.82) is 0 Å². The maximum absolute atomic E-state index is 12.0. The number of nitrogens with one attached hydrogen (secondary N) is 1. The van der Waals surface area contributed by atoms with Crippen LogP contribution < -0.4 is 5.32 Å². The van der Waals surface area contributed by atoms with Crippen LogP contribution >= 0.6 is 11.6 Å². The summed E-state index contributed by atoms with van der Waals surface area (Å²) in [6.45, 7) is 2.58. The molecule has 0 spiro atoms. The van der Waals surface area contributed by atoms with E-state index in [9.17, 15) is 9.59 Å². The third kappa shape index (κ3) is 3.61. The molecule has 6 heteroatoms. The number of rotatable bonds is 4. The Morgan fingerprint density at radius 3 is 2.58 bits per heavy atom. The first-order valence-corrected chi connectivity index (χ1v) is 6.54. The van der Waals surface area contributed by atoms with Crippen LogP contribution in [0.1, 0.15) is 0 Å². The Labute approximate surface area is 117 Å². The van der Waals surface area contributed by atoms with E-state index in [0.717, 1.165) is 12.1 Å². The molecule has 1 aliphatic rings. The van der Waals surface area contributed by atoms with Crippen molar-refractivity contribution in [3.05, 3.63) is 29.3 Å². The molecule has 1 saturated heterocycles. The van der Waals surface area contributed by atoms with Gasteiger partial charge in [0.05, 0.1) is 17.3 Å². The van der Waals surface area contributed by atoms with Crippen LogP contribution in [0, 0.1) is 0 Å². The number of benzene rings is 1. The summed E-state index contributed by atoms with van der Waals surface area (Å²) in [5.74, 6) is 0.0190. The highest BCUT2D eigenvalue weighted by Gasteiger charge is 2.19. The van der Waals surface area contributed by atoms with Gasteiger partial charge in [-0.15, -0.1) is 0 Å². The first kappa shape index (κ1) is 13.7. The minimum absolute atomic E-state index is 0.0190. The fraction of sp³-hybridized carbons (Fsp3) is 0.385. The maximum Gasteiger partial charge on any atom is 0.241 e. The van der Waals surface area contributed by atoms with E-state index in [-0.39, 0.29) is 12.5 Å². The second-order valence-corrected chi connectivity index (χ2v) is 4.76. The minimum Gasteiger partial charge on any atom is -0.375 e. The quantitative estimate of drug-likeness (QED) is 0.840. The van der Waals surface area contributed by atoms with Gasteiger partial charge in [-0.2, -0.15) is 0 Å². The number of nitrogens with zero attached hydrogens (tertiary/aromatic N) is 2. The Morgan fingerprint density at radius 1 is 1.26 bits per heavy atom. The van der Waals surface area contributed by atoms with E-state index < -0.39 is 0 Å². The van der Waals surface area contributed by atoms with Gasteiger partial charge in [0.2, 0.25) is 12.3 Å². The minimum atomic E-state index is 0.0190. The van der Waals surface area contributed by atoms with Crippen LogP contribution in [0.4, 0.5) is 5.69 Å². The molecule has 0 aliphatic carbocycles. The van der Waals surface area contributed by atoms with Crippen LogP contribution in [-0.4, -0.2) is 54.8 Å². The van der Waals surface area contributed by atoms with Crippen molar-refractivity contribution in [1.82, 2.24) is 9.80 Å². The second-order valence-electron chi connectivity index (χ2n) is 4.36. The van der Waals surface area contributed by atoms with Crippen molar-refractivity contribution in [2.75, 3.05) is 38.0 Å².